The predicted molar refractivity (Wildman–Crippen MR) is 129 cm³/mol. The second-order valence-corrected chi connectivity index (χ2v) is 8.87. The van der Waals surface area contributed by atoms with Crippen molar-refractivity contribution in [2.45, 2.75) is 13.8 Å². The van der Waals surface area contributed by atoms with Crippen LogP contribution in [0.25, 0.3) is 16.7 Å². The molecule has 1 amide bonds. The van der Waals surface area contributed by atoms with Crippen LogP contribution in [-0.4, -0.2) is 27.8 Å². The number of carbonyl (C=O) groups excluding carboxylic acids is 1. The highest BCUT2D eigenvalue weighted by Gasteiger charge is 2.17. The Morgan fingerprint density at radius 2 is 1.88 bits per heavy atom. The van der Waals surface area contributed by atoms with Crippen molar-refractivity contribution in [2.24, 2.45) is 5.10 Å². The maximum atomic E-state index is 12.5. The van der Waals surface area contributed by atoms with E-state index in [1.165, 1.54) is 6.21 Å². The summed E-state index contributed by atoms with van der Waals surface area (Å²) in [6, 6.07) is 14.0. The largest absolute Gasteiger partial charge is 0.478 e. The van der Waals surface area contributed by atoms with E-state index >= 15 is 0 Å². The number of hydrogen-bond acceptors (Lipinski definition) is 4. The number of furan rings is 1. The lowest BCUT2D eigenvalue weighted by Gasteiger charge is -2.12. The number of carbonyl (C=O) groups is 2. The molecule has 4 rings (SSSR count). The van der Waals surface area contributed by atoms with E-state index in [-0.39, 0.29) is 11.3 Å². The Morgan fingerprint density at radius 1 is 1.12 bits per heavy atom. The molecule has 0 aliphatic rings. The second kappa shape index (κ2) is 8.76. The minimum absolute atomic E-state index is 0.136. The third-order valence-corrected chi connectivity index (χ3v) is 6.02. The summed E-state index contributed by atoms with van der Waals surface area (Å²) in [5.41, 5.74) is 6.21. The molecule has 0 radical (unpaired) electrons. The van der Waals surface area contributed by atoms with Gasteiger partial charge in [-0.2, -0.15) is 5.10 Å². The first-order valence-corrected chi connectivity index (χ1v) is 11.1. The summed E-state index contributed by atoms with van der Waals surface area (Å²) in [6.07, 6.45) is 1.52. The van der Waals surface area contributed by atoms with Gasteiger partial charge >= 0.3 is 11.9 Å². The van der Waals surface area contributed by atoms with Crippen LogP contribution in [0.1, 0.15) is 37.9 Å². The molecule has 2 heterocycles. The number of para-hydroxylation sites is 1. The number of amides is 1. The molecule has 0 unspecified atom stereocenters. The van der Waals surface area contributed by atoms with E-state index in [9.17, 15) is 14.7 Å². The van der Waals surface area contributed by atoms with E-state index in [1.807, 2.05) is 36.6 Å². The summed E-state index contributed by atoms with van der Waals surface area (Å²) in [7, 11) is 0. The number of rotatable bonds is 5. The molecule has 0 saturated heterocycles. The molecule has 0 atom stereocenters. The van der Waals surface area contributed by atoms with E-state index in [0.717, 1.165) is 31.3 Å². The Labute approximate surface area is 200 Å². The quantitative estimate of drug-likeness (QED) is 0.238. The first-order valence-electron chi connectivity index (χ1n) is 9.50. The first kappa shape index (κ1) is 22.0. The second-order valence-electron chi connectivity index (χ2n) is 7.10. The number of benzene rings is 2. The molecule has 0 spiro atoms. The number of hydrazone groups is 1. The van der Waals surface area contributed by atoms with Crippen LogP contribution in [0.5, 0.6) is 0 Å². The van der Waals surface area contributed by atoms with Gasteiger partial charge < -0.3 is 14.1 Å². The van der Waals surface area contributed by atoms with Crippen molar-refractivity contribution >= 4 is 60.9 Å². The summed E-state index contributed by atoms with van der Waals surface area (Å²) >= 11 is 6.83. The molecular formula is C23H17Br2N3O4. The maximum Gasteiger partial charge on any atom is 0.337 e. The highest BCUT2D eigenvalue weighted by molar-refractivity contribution is 9.11. The minimum Gasteiger partial charge on any atom is -0.478 e. The summed E-state index contributed by atoms with van der Waals surface area (Å²) in [5, 5.41) is 14.3. The lowest BCUT2D eigenvalue weighted by atomic mass is 10.1. The number of aromatic nitrogens is 1. The number of halogens is 2. The number of carboxylic acid groups (broad SMARTS) is 1. The van der Waals surface area contributed by atoms with Crippen LogP contribution in [0.3, 0.4) is 0 Å². The Bertz CT molecular complexity index is 1400. The van der Waals surface area contributed by atoms with Crippen molar-refractivity contribution in [1.82, 2.24) is 9.99 Å². The average Bonchev–Trinajstić information content (AvgIpc) is 3.29. The monoisotopic (exact) mass is 557 g/mol. The summed E-state index contributed by atoms with van der Waals surface area (Å²) < 4.78 is 9.09. The standard InChI is InChI=1S/C23H17Br2N3O4/c1-12-7-15(13(2)28(12)19-6-4-3-5-17(19)23(30)31)11-26-27-22(29)20-9-14-8-16(24)10-18(25)21(14)32-20/h3-11H,1-2H3,(H,27,29)(H,30,31)/b26-11-. The van der Waals surface area contributed by atoms with Crippen LogP contribution in [0.15, 0.2) is 67.0 Å². The zero-order valence-electron chi connectivity index (χ0n) is 17.0. The van der Waals surface area contributed by atoms with Gasteiger partial charge in [0.25, 0.3) is 0 Å². The van der Waals surface area contributed by atoms with Gasteiger partial charge in [0, 0.05) is 26.8 Å². The van der Waals surface area contributed by atoms with E-state index < -0.39 is 11.9 Å². The molecule has 0 bridgehead atoms. The van der Waals surface area contributed by atoms with Gasteiger partial charge in [0.1, 0.15) is 5.58 Å². The topological polar surface area (TPSA) is 96.8 Å². The number of aromatic carboxylic acids is 1. The zero-order chi connectivity index (χ0) is 23.0. The maximum absolute atomic E-state index is 12.5. The number of fused-ring (bicyclic) bond motifs is 1. The molecule has 7 nitrogen and oxygen atoms in total. The number of nitrogens with one attached hydrogen (secondary N) is 1. The number of aryl methyl sites for hydroxylation is 1. The van der Waals surface area contributed by atoms with Gasteiger partial charge in [-0.25, -0.2) is 10.2 Å². The van der Waals surface area contributed by atoms with Crippen molar-refractivity contribution < 1.29 is 19.1 Å². The van der Waals surface area contributed by atoms with Crippen LogP contribution in [0, 0.1) is 13.8 Å². The summed E-state index contributed by atoms with van der Waals surface area (Å²) in [6.45, 7) is 3.75. The fourth-order valence-corrected chi connectivity index (χ4v) is 4.88. The Balaban J connectivity index is 1.58. The fourth-order valence-electron chi connectivity index (χ4n) is 3.54. The fraction of sp³-hybridized carbons (Fsp3) is 0.0870. The minimum atomic E-state index is -1.000. The van der Waals surface area contributed by atoms with E-state index in [2.05, 4.69) is 42.4 Å². The smallest absolute Gasteiger partial charge is 0.337 e. The molecule has 0 aliphatic heterocycles. The predicted octanol–water partition coefficient (Wildman–Crippen LogP) is 5.83. The number of hydrogen-bond donors (Lipinski definition) is 2. The van der Waals surface area contributed by atoms with Crippen LogP contribution < -0.4 is 5.43 Å². The molecule has 4 aromatic rings. The van der Waals surface area contributed by atoms with Crippen LogP contribution in [-0.2, 0) is 0 Å². The Kier molecular flexibility index (Phi) is 6.03. The van der Waals surface area contributed by atoms with Gasteiger partial charge in [-0.05, 0) is 66.2 Å². The van der Waals surface area contributed by atoms with Crippen molar-refractivity contribution in [2.75, 3.05) is 0 Å². The molecule has 0 aliphatic carbocycles. The van der Waals surface area contributed by atoms with Gasteiger partial charge in [0.2, 0.25) is 0 Å². The van der Waals surface area contributed by atoms with E-state index in [4.69, 9.17) is 4.42 Å². The molecule has 9 heteroatoms. The van der Waals surface area contributed by atoms with Crippen molar-refractivity contribution in [3.8, 4) is 5.69 Å². The van der Waals surface area contributed by atoms with Crippen molar-refractivity contribution in [3.63, 3.8) is 0 Å². The zero-order valence-corrected chi connectivity index (χ0v) is 20.2. The van der Waals surface area contributed by atoms with Gasteiger partial charge in [-0.3, -0.25) is 4.79 Å². The van der Waals surface area contributed by atoms with Gasteiger partial charge in [-0.1, -0.05) is 28.1 Å². The average molecular weight is 559 g/mol. The molecule has 0 fully saturated rings. The molecular weight excluding hydrogens is 542 g/mol. The third kappa shape index (κ3) is 4.13. The van der Waals surface area contributed by atoms with Gasteiger partial charge in [0.15, 0.2) is 5.76 Å². The number of carboxylic acids is 1. The van der Waals surface area contributed by atoms with Crippen LogP contribution in [0.4, 0.5) is 0 Å². The Morgan fingerprint density at radius 3 is 2.62 bits per heavy atom. The highest BCUT2D eigenvalue weighted by atomic mass is 79.9. The molecule has 0 saturated carbocycles. The van der Waals surface area contributed by atoms with Crippen LogP contribution >= 0.6 is 31.9 Å². The lowest BCUT2D eigenvalue weighted by Crippen LogP contribution is -2.16. The van der Waals surface area contributed by atoms with Crippen molar-refractivity contribution in [1.29, 1.82) is 0 Å². The Hall–Kier alpha value is -3.17. The first-order chi connectivity index (χ1) is 15.3. The third-order valence-electron chi connectivity index (χ3n) is 4.97. The van der Waals surface area contributed by atoms with E-state index in [1.54, 1.807) is 30.3 Å². The summed E-state index contributed by atoms with van der Waals surface area (Å²) in [5.74, 6) is -1.35. The molecule has 32 heavy (non-hydrogen) atoms. The normalized spacial score (nSPS) is 11.4. The van der Waals surface area contributed by atoms with Crippen LogP contribution in [0.2, 0.25) is 0 Å². The highest BCUT2D eigenvalue weighted by Crippen LogP contribution is 2.31. The van der Waals surface area contributed by atoms with E-state index in [0.29, 0.717) is 11.3 Å². The molecule has 162 valence electrons. The van der Waals surface area contributed by atoms with Crippen molar-refractivity contribution in [3.05, 3.63) is 85.8 Å². The van der Waals surface area contributed by atoms with Gasteiger partial charge in [0.05, 0.1) is 21.9 Å². The molecule has 2 aromatic carbocycles. The lowest BCUT2D eigenvalue weighted by molar-refractivity contribution is 0.0696. The SMILES string of the molecule is Cc1cc(/C=N\NC(=O)c2cc3cc(Br)cc(Br)c3o2)c(C)n1-c1ccccc1C(=O)O. The molecule has 2 N–H and O–H groups in total. The molecule has 2 aromatic heterocycles. The van der Waals surface area contributed by atoms with Gasteiger partial charge in [-0.15, -0.1) is 0 Å². The summed E-state index contributed by atoms with van der Waals surface area (Å²) in [4.78, 5) is 24.1. The number of nitrogens with zero attached hydrogens (tertiary/aromatic N) is 2.